The third-order valence-corrected chi connectivity index (χ3v) is 5.42. The zero-order valence-electron chi connectivity index (χ0n) is 9.00. The lowest BCUT2D eigenvalue weighted by atomic mass is 9.98. The van der Waals surface area contributed by atoms with E-state index >= 15 is 0 Å². The maximum Gasteiger partial charge on any atom is 0.0340 e. The molecule has 2 fully saturated rings. The third-order valence-electron chi connectivity index (χ3n) is 4.20. The van der Waals surface area contributed by atoms with Crippen LogP contribution in [-0.2, 0) is 0 Å². The van der Waals surface area contributed by atoms with Gasteiger partial charge >= 0.3 is 0 Å². The molecule has 0 saturated heterocycles. The van der Waals surface area contributed by atoms with E-state index in [2.05, 4.69) is 44.0 Å². The molecule has 2 N–H and O–H groups in total. The van der Waals surface area contributed by atoms with Crippen LogP contribution >= 0.6 is 31.9 Å². The molecule has 0 amide bonds. The fourth-order valence-electron chi connectivity index (χ4n) is 3.39. The normalized spacial score (nSPS) is 33.6. The Labute approximate surface area is 113 Å². The summed E-state index contributed by atoms with van der Waals surface area (Å²) in [6, 6.07) is 6.50. The Hall–Kier alpha value is 0.140. The van der Waals surface area contributed by atoms with Crippen molar-refractivity contribution < 1.29 is 0 Å². The van der Waals surface area contributed by atoms with Gasteiger partial charge < -0.3 is 5.73 Å². The van der Waals surface area contributed by atoms with Crippen LogP contribution in [0.25, 0.3) is 0 Å². The minimum absolute atomic E-state index is 0.210. The van der Waals surface area contributed by atoms with Crippen LogP contribution < -0.4 is 5.73 Å². The monoisotopic (exact) mass is 343 g/mol. The molecule has 0 aromatic heterocycles. The lowest BCUT2D eigenvalue weighted by molar-refractivity contribution is 0.500. The first-order chi connectivity index (χ1) is 7.68. The van der Waals surface area contributed by atoms with Crippen molar-refractivity contribution in [2.75, 3.05) is 0 Å². The van der Waals surface area contributed by atoms with Crippen molar-refractivity contribution in [3.63, 3.8) is 0 Å². The summed E-state index contributed by atoms with van der Waals surface area (Å²) in [5.41, 5.74) is 7.67. The highest BCUT2D eigenvalue weighted by molar-refractivity contribution is 9.11. The average Bonchev–Trinajstić information content (AvgIpc) is 2.74. The first kappa shape index (κ1) is 11.2. The summed E-state index contributed by atoms with van der Waals surface area (Å²) in [6.45, 7) is 0. The summed E-state index contributed by atoms with van der Waals surface area (Å²) in [5, 5.41) is 0. The van der Waals surface area contributed by atoms with Gasteiger partial charge in [-0.15, -0.1) is 0 Å². The van der Waals surface area contributed by atoms with Gasteiger partial charge in [-0.3, -0.25) is 0 Å². The van der Waals surface area contributed by atoms with Gasteiger partial charge in [-0.25, -0.2) is 0 Å². The molecule has 0 heterocycles. The summed E-state index contributed by atoms with van der Waals surface area (Å²) in [7, 11) is 0. The second kappa shape index (κ2) is 4.11. The molecule has 3 atom stereocenters. The summed E-state index contributed by atoms with van der Waals surface area (Å²) in [5.74, 6) is 2.57. The molecule has 1 aromatic rings. The fraction of sp³-hybridized carbons (Fsp3) is 0.538. The molecule has 3 heteroatoms. The second-order valence-electron chi connectivity index (χ2n) is 5.03. The van der Waals surface area contributed by atoms with Crippen LogP contribution in [0.1, 0.15) is 30.9 Å². The molecule has 2 aliphatic carbocycles. The van der Waals surface area contributed by atoms with E-state index in [0.717, 1.165) is 26.7 Å². The molecule has 1 nitrogen and oxygen atoms in total. The van der Waals surface area contributed by atoms with Crippen LogP contribution in [-0.4, -0.2) is 0 Å². The molecule has 86 valence electrons. The second-order valence-corrected chi connectivity index (χ2v) is 6.80. The molecule has 0 aliphatic heterocycles. The van der Waals surface area contributed by atoms with Gasteiger partial charge in [-0.2, -0.15) is 0 Å². The summed E-state index contributed by atoms with van der Waals surface area (Å²) < 4.78 is 2.26. The first-order valence-electron chi connectivity index (χ1n) is 5.89. The van der Waals surface area contributed by atoms with Gasteiger partial charge in [-0.05, 0) is 54.4 Å². The zero-order valence-corrected chi connectivity index (χ0v) is 12.2. The number of hydrogen-bond acceptors (Lipinski definition) is 1. The number of rotatable bonds is 2. The Morgan fingerprint density at radius 1 is 1.19 bits per heavy atom. The minimum atomic E-state index is 0.210. The quantitative estimate of drug-likeness (QED) is 0.852. The van der Waals surface area contributed by atoms with Gasteiger partial charge in [0.25, 0.3) is 0 Å². The lowest BCUT2D eigenvalue weighted by Crippen LogP contribution is -2.16. The van der Waals surface area contributed by atoms with Crippen molar-refractivity contribution >= 4 is 31.9 Å². The minimum Gasteiger partial charge on any atom is -0.324 e. The molecule has 2 saturated carbocycles. The maximum atomic E-state index is 6.41. The molecule has 16 heavy (non-hydrogen) atoms. The zero-order chi connectivity index (χ0) is 11.3. The predicted molar refractivity (Wildman–Crippen MR) is 73.1 cm³/mol. The van der Waals surface area contributed by atoms with Crippen LogP contribution in [0.3, 0.4) is 0 Å². The smallest absolute Gasteiger partial charge is 0.0340 e. The van der Waals surface area contributed by atoms with Crippen LogP contribution in [0.15, 0.2) is 27.1 Å². The molecule has 3 rings (SSSR count). The SMILES string of the molecule is NC(c1cc(Br)ccc1Br)C1C2CCCC21. The van der Waals surface area contributed by atoms with Crippen molar-refractivity contribution in [1.82, 2.24) is 0 Å². The summed E-state index contributed by atoms with van der Waals surface area (Å²) in [6.07, 6.45) is 4.21. The van der Waals surface area contributed by atoms with Crippen molar-refractivity contribution in [2.45, 2.75) is 25.3 Å². The van der Waals surface area contributed by atoms with Crippen molar-refractivity contribution in [2.24, 2.45) is 23.5 Å². The molecule has 0 radical (unpaired) electrons. The Morgan fingerprint density at radius 3 is 2.56 bits per heavy atom. The number of nitrogens with two attached hydrogens (primary N) is 1. The van der Waals surface area contributed by atoms with Crippen LogP contribution in [0, 0.1) is 17.8 Å². The molecule has 0 bridgehead atoms. The van der Waals surface area contributed by atoms with E-state index in [0.29, 0.717) is 0 Å². The predicted octanol–water partition coefficient (Wildman–Crippen LogP) is 4.26. The largest absolute Gasteiger partial charge is 0.324 e. The van der Waals surface area contributed by atoms with E-state index in [-0.39, 0.29) is 6.04 Å². The summed E-state index contributed by atoms with van der Waals surface area (Å²) in [4.78, 5) is 0. The van der Waals surface area contributed by atoms with Crippen LogP contribution in [0.5, 0.6) is 0 Å². The maximum absolute atomic E-state index is 6.41. The Bertz CT molecular complexity index is 408. The van der Waals surface area contributed by atoms with Crippen LogP contribution in [0.4, 0.5) is 0 Å². The van der Waals surface area contributed by atoms with Crippen LogP contribution in [0.2, 0.25) is 0 Å². The highest BCUT2D eigenvalue weighted by atomic mass is 79.9. The molecule has 1 aromatic carbocycles. The van der Waals surface area contributed by atoms with Gasteiger partial charge in [0.15, 0.2) is 0 Å². The highest BCUT2D eigenvalue weighted by Gasteiger charge is 2.55. The van der Waals surface area contributed by atoms with Gasteiger partial charge in [0.05, 0.1) is 0 Å². The number of hydrogen-bond donors (Lipinski definition) is 1. The number of benzene rings is 1. The molecule has 3 unspecified atom stereocenters. The van der Waals surface area contributed by atoms with Gasteiger partial charge in [0, 0.05) is 15.0 Å². The Balaban J connectivity index is 1.84. The van der Waals surface area contributed by atoms with Crippen molar-refractivity contribution in [3.05, 3.63) is 32.7 Å². The average molecular weight is 345 g/mol. The number of halogens is 2. The Morgan fingerprint density at radius 2 is 1.88 bits per heavy atom. The standard InChI is InChI=1S/C13H15Br2N/c14-7-4-5-11(15)10(6-7)13(16)12-8-2-1-3-9(8)12/h4-6,8-9,12-13H,1-3,16H2. The molecule has 0 spiro atoms. The van der Waals surface area contributed by atoms with Gasteiger partial charge in [0.1, 0.15) is 0 Å². The topological polar surface area (TPSA) is 26.0 Å². The Kier molecular flexibility index (Phi) is 2.89. The van der Waals surface area contributed by atoms with Gasteiger partial charge in [-0.1, -0.05) is 38.3 Å². The van der Waals surface area contributed by atoms with E-state index < -0.39 is 0 Å². The van der Waals surface area contributed by atoms with Crippen molar-refractivity contribution in [3.8, 4) is 0 Å². The van der Waals surface area contributed by atoms with E-state index in [1.807, 2.05) is 6.07 Å². The van der Waals surface area contributed by atoms with E-state index in [9.17, 15) is 0 Å². The van der Waals surface area contributed by atoms with E-state index in [1.54, 1.807) is 0 Å². The number of fused-ring (bicyclic) bond motifs is 1. The fourth-order valence-corrected chi connectivity index (χ4v) is 4.28. The van der Waals surface area contributed by atoms with Crippen molar-refractivity contribution in [1.29, 1.82) is 0 Å². The summed E-state index contributed by atoms with van der Waals surface area (Å²) >= 11 is 7.13. The first-order valence-corrected chi connectivity index (χ1v) is 7.47. The van der Waals surface area contributed by atoms with E-state index in [1.165, 1.54) is 24.8 Å². The molecular formula is C13H15Br2N. The lowest BCUT2D eigenvalue weighted by Gasteiger charge is -2.16. The molecule has 2 aliphatic rings. The van der Waals surface area contributed by atoms with Gasteiger partial charge in [0.2, 0.25) is 0 Å². The highest BCUT2D eigenvalue weighted by Crippen LogP contribution is 2.62. The van der Waals surface area contributed by atoms with E-state index in [4.69, 9.17) is 5.73 Å². The molecular weight excluding hydrogens is 330 g/mol. The third kappa shape index (κ3) is 1.77.